The van der Waals surface area contributed by atoms with Crippen LogP contribution in [0.25, 0.3) is 0 Å². The maximum absolute atomic E-state index is 13.1. The number of nitro benzene ring substituents is 1. The second kappa shape index (κ2) is 12.0. The average molecular weight is 480 g/mol. The Kier molecular flexibility index (Phi) is 9.69. The molecule has 1 unspecified atom stereocenters. The van der Waals surface area contributed by atoms with Crippen LogP contribution < -0.4 is 4.74 Å². The van der Waals surface area contributed by atoms with Gasteiger partial charge in [0, 0.05) is 39.8 Å². The van der Waals surface area contributed by atoms with Crippen LogP contribution >= 0.6 is 0 Å². The number of hydrogen-bond acceptors (Lipinski definition) is 6. The Labute approximate surface area is 197 Å². The number of amides is 2. The molecule has 0 bridgehead atoms. The van der Waals surface area contributed by atoms with Crippen molar-refractivity contribution in [2.24, 2.45) is 0 Å². The van der Waals surface area contributed by atoms with Crippen molar-refractivity contribution >= 4 is 25.9 Å². The summed E-state index contributed by atoms with van der Waals surface area (Å²) in [5.74, 6) is 0.248. The number of benzene rings is 1. The first-order chi connectivity index (χ1) is 15.5. The van der Waals surface area contributed by atoms with Crippen LogP contribution in [0.5, 0.6) is 5.75 Å². The van der Waals surface area contributed by atoms with E-state index in [1.165, 1.54) is 29.2 Å². The van der Waals surface area contributed by atoms with Gasteiger partial charge in [-0.2, -0.15) is 0 Å². The number of nitrogens with zero attached hydrogens (tertiary/aromatic N) is 3. The van der Waals surface area contributed by atoms with Gasteiger partial charge in [-0.05, 0) is 37.9 Å². The molecule has 9 nitrogen and oxygen atoms in total. The second-order valence-corrected chi connectivity index (χ2v) is 15.6. The lowest BCUT2D eigenvalue weighted by Gasteiger charge is -2.38. The summed E-state index contributed by atoms with van der Waals surface area (Å²) in [4.78, 5) is 39.2. The minimum atomic E-state index is -1.30. The van der Waals surface area contributed by atoms with E-state index in [0.717, 1.165) is 38.1 Å². The molecule has 1 aromatic rings. The van der Waals surface area contributed by atoms with Crippen LogP contribution in [0.1, 0.15) is 39.0 Å². The molecular formula is C23H37N3O6Si. The van der Waals surface area contributed by atoms with Gasteiger partial charge in [0.2, 0.25) is 0 Å². The normalized spacial score (nSPS) is 15.4. The van der Waals surface area contributed by atoms with Crippen molar-refractivity contribution in [1.82, 2.24) is 9.80 Å². The van der Waals surface area contributed by atoms with Gasteiger partial charge in [-0.1, -0.05) is 38.9 Å². The number of likely N-dealkylation sites (N-methyl/N-ethyl adjacent to an activating group) is 1. The molecule has 1 aliphatic carbocycles. The highest BCUT2D eigenvalue weighted by Gasteiger charge is 2.32. The fraction of sp³-hybridized carbons (Fsp3) is 0.652. The zero-order valence-electron chi connectivity index (χ0n) is 20.4. The molecule has 0 heterocycles. The summed E-state index contributed by atoms with van der Waals surface area (Å²) >= 11 is 0. The first-order valence-electron chi connectivity index (χ1n) is 11.6. The summed E-state index contributed by atoms with van der Waals surface area (Å²) in [6, 6.07) is 6.09. The van der Waals surface area contributed by atoms with E-state index in [-0.39, 0.29) is 23.5 Å². The third kappa shape index (κ3) is 8.68. The molecule has 1 aromatic carbocycles. The maximum Gasteiger partial charge on any atom is 0.415 e. The lowest BCUT2D eigenvalue weighted by Crippen LogP contribution is -2.52. The molecule has 0 radical (unpaired) electrons. The molecule has 0 N–H and O–H groups in total. The van der Waals surface area contributed by atoms with Crippen molar-refractivity contribution in [2.75, 3.05) is 20.2 Å². The molecule has 0 aliphatic heterocycles. The Morgan fingerprint density at radius 3 is 2.27 bits per heavy atom. The third-order valence-electron chi connectivity index (χ3n) is 5.83. The highest BCUT2D eigenvalue weighted by molar-refractivity contribution is 6.76. The van der Waals surface area contributed by atoms with Gasteiger partial charge in [0.05, 0.1) is 17.6 Å². The molecule has 1 fully saturated rings. The van der Waals surface area contributed by atoms with E-state index in [1.54, 1.807) is 11.9 Å². The van der Waals surface area contributed by atoms with Gasteiger partial charge in [0.15, 0.2) is 0 Å². The Bertz CT molecular complexity index is 805. The van der Waals surface area contributed by atoms with Gasteiger partial charge in [-0.15, -0.1) is 0 Å². The zero-order chi connectivity index (χ0) is 24.6. The molecule has 2 amide bonds. The number of non-ortho nitro benzene ring substituents is 1. The summed E-state index contributed by atoms with van der Waals surface area (Å²) in [7, 11) is 0.379. The summed E-state index contributed by atoms with van der Waals surface area (Å²) in [6.45, 7) is 9.30. The molecule has 1 atom stereocenters. The van der Waals surface area contributed by atoms with E-state index in [1.807, 2.05) is 6.92 Å². The molecule has 1 aliphatic rings. The van der Waals surface area contributed by atoms with E-state index in [0.29, 0.717) is 13.2 Å². The Balaban J connectivity index is 2.04. The SMILES string of the molecule is CC(CN(C)C(=O)OCC[Si](C)(C)C)N(C(=O)Oc1ccc([N+](=O)[O-])cc1)C1CCCCC1. The van der Waals surface area contributed by atoms with Gasteiger partial charge < -0.3 is 19.3 Å². The van der Waals surface area contributed by atoms with Crippen LogP contribution in [0.3, 0.4) is 0 Å². The van der Waals surface area contributed by atoms with Crippen molar-refractivity contribution in [1.29, 1.82) is 0 Å². The van der Waals surface area contributed by atoms with Crippen LogP contribution in [0.2, 0.25) is 25.7 Å². The van der Waals surface area contributed by atoms with Crippen molar-refractivity contribution < 1.29 is 24.0 Å². The fourth-order valence-electron chi connectivity index (χ4n) is 3.95. The lowest BCUT2D eigenvalue weighted by molar-refractivity contribution is -0.384. The molecule has 184 valence electrons. The monoisotopic (exact) mass is 479 g/mol. The summed E-state index contributed by atoms with van der Waals surface area (Å²) < 4.78 is 11.0. The molecule has 33 heavy (non-hydrogen) atoms. The quantitative estimate of drug-likeness (QED) is 0.262. The van der Waals surface area contributed by atoms with E-state index >= 15 is 0 Å². The van der Waals surface area contributed by atoms with Crippen molar-refractivity contribution in [3.8, 4) is 5.75 Å². The van der Waals surface area contributed by atoms with Gasteiger partial charge in [0.25, 0.3) is 5.69 Å². The first kappa shape index (κ1) is 26.6. The third-order valence-corrected chi connectivity index (χ3v) is 7.54. The van der Waals surface area contributed by atoms with Crippen molar-refractivity contribution in [3.05, 3.63) is 34.4 Å². The number of carbonyl (C=O) groups excluding carboxylic acids is 2. The molecular weight excluding hydrogens is 442 g/mol. The number of rotatable bonds is 9. The van der Waals surface area contributed by atoms with Crippen LogP contribution in [0.4, 0.5) is 15.3 Å². The summed E-state index contributed by atoms with van der Waals surface area (Å²) in [6.07, 6.45) is 4.06. The average Bonchev–Trinajstić information content (AvgIpc) is 2.74. The Morgan fingerprint density at radius 2 is 1.73 bits per heavy atom. The summed E-state index contributed by atoms with van der Waals surface area (Å²) in [5, 5.41) is 10.9. The van der Waals surface area contributed by atoms with Gasteiger partial charge in [-0.3, -0.25) is 10.1 Å². The maximum atomic E-state index is 13.1. The lowest BCUT2D eigenvalue weighted by atomic mass is 9.93. The highest BCUT2D eigenvalue weighted by Crippen LogP contribution is 2.26. The standard InChI is InChI=1S/C23H37N3O6Si/c1-18(17-24(2)22(27)31-15-16-33(3,4)5)25(19-9-7-6-8-10-19)23(28)32-21-13-11-20(12-14-21)26(29)30/h11-14,18-19H,6-10,15-17H2,1-5H3. The van der Waals surface area contributed by atoms with E-state index in [9.17, 15) is 19.7 Å². The van der Waals surface area contributed by atoms with Crippen LogP contribution in [-0.4, -0.2) is 67.3 Å². The van der Waals surface area contributed by atoms with Gasteiger partial charge >= 0.3 is 12.2 Å². The molecule has 0 spiro atoms. The molecule has 0 saturated heterocycles. The minimum Gasteiger partial charge on any atom is -0.450 e. The predicted octanol–water partition coefficient (Wildman–Crippen LogP) is 5.52. The van der Waals surface area contributed by atoms with E-state index in [2.05, 4.69) is 19.6 Å². The van der Waals surface area contributed by atoms with E-state index < -0.39 is 25.2 Å². The second-order valence-electron chi connectivity index (χ2n) is 9.97. The van der Waals surface area contributed by atoms with Gasteiger partial charge in [0.1, 0.15) is 5.75 Å². The number of ether oxygens (including phenoxy) is 2. The van der Waals surface area contributed by atoms with Crippen LogP contribution in [-0.2, 0) is 4.74 Å². The Hall–Kier alpha value is -2.62. The fourth-order valence-corrected chi connectivity index (χ4v) is 4.67. The van der Waals surface area contributed by atoms with Crippen molar-refractivity contribution in [3.63, 3.8) is 0 Å². The predicted molar refractivity (Wildman–Crippen MR) is 129 cm³/mol. The minimum absolute atomic E-state index is 0.0237. The van der Waals surface area contributed by atoms with Crippen molar-refractivity contribution in [2.45, 2.75) is 76.8 Å². The molecule has 0 aromatic heterocycles. The molecule has 1 saturated carbocycles. The van der Waals surface area contributed by atoms with E-state index in [4.69, 9.17) is 9.47 Å². The number of nitro groups is 1. The smallest absolute Gasteiger partial charge is 0.415 e. The highest BCUT2D eigenvalue weighted by atomic mass is 28.3. The summed E-state index contributed by atoms with van der Waals surface area (Å²) in [5.41, 5.74) is -0.0680. The Morgan fingerprint density at radius 1 is 1.12 bits per heavy atom. The number of hydrogen-bond donors (Lipinski definition) is 0. The van der Waals surface area contributed by atoms with Gasteiger partial charge in [-0.25, -0.2) is 9.59 Å². The number of carbonyl (C=O) groups is 2. The van der Waals surface area contributed by atoms with Crippen LogP contribution in [0, 0.1) is 10.1 Å². The topological polar surface area (TPSA) is 102 Å². The first-order valence-corrected chi connectivity index (χ1v) is 15.3. The zero-order valence-corrected chi connectivity index (χ0v) is 21.4. The van der Waals surface area contributed by atoms with Crippen LogP contribution in [0.15, 0.2) is 24.3 Å². The molecule has 2 rings (SSSR count). The largest absolute Gasteiger partial charge is 0.450 e. The molecule has 10 heteroatoms.